The van der Waals surface area contributed by atoms with Crippen molar-refractivity contribution in [1.82, 2.24) is 30.4 Å². The van der Waals surface area contributed by atoms with E-state index in [1.165, 1.54) is 6.33 Å². The maximum atomic E-state index is 8.67. The first-order valence-corrected chi connectivity index (χ1v) is 3.28. The molecule has 0 aromatic carbocycles. The number of H-pyrrole nitrogens is 2. The topological polar surface area (TPSA) is 103 Å². The number of aliphatic hydroxyl groups excluding tert-OH is 1. The molecule has 0 unspecified atom stereocenters. The summed E-state index contributed by atoms with van der Waals surface area (Å²) < 4.78 is 0. The highest BCUT2D eigenvalue weighted by atomic mass is 16.3. The van der Waals surface area contributed by atoms with Crippen molar-refractivity contribution in [2.75, 3.05) is 0 Å². The molecule has 62 valence electrons. The molecular formula is C5H6N6O. The molecule has 7 nitrogen and oxygen atoms in total. The molecule has 0 bridgehead atoms. The molecule has 2 heterocycles. The minimum atomic E-state index is -0.166. The van der Waals surface area contributed by atoms with Crippen LogP contribution in [-0.4, -0.2) is 35.5 Å². The van der Waals surface area contributed by atoms with E-state index in [0.29, 0.717) is 17.5 Å². The lowest BCUT2D eigenvalue weighted by Gasteiger charge is -1.82. The first-order valence-electron chi connectivity index (χ1n) is 3.28. The predicted octanol–water partition coefficient (Wildman–Crippen LogP) is -0.918. The zero-order valence-electron chi connectivity index (χ0n) is 6.02. The zero-order chi connectivity index (χ0) is 8.39. The summed E-state index contributed by atoms with van der Waals surface area (Å²) in [5, 5.41) is 21.3. The highest BCUT2D eigenvalue weighted by Crippen LogP contribution is 2.05. The predicted molar refractivity (Wildman–Crippen MR) is 37.7 cm³/mol. The van der Waals surface area contributed by atoms with E-state index in [1.807, 2.05) is 0 Å². The summed E-state index contributed by atoms with van der Waals surface area (Å²) in [5.74, 6) is 1.28. The molecule has 12 heavy (non-hydrogen) atoms. The summed E-state index contributed by atoms with van der Waals surface area (Å²) in [6, 6.07) is 0. The van der Waals surface area contributed by atoms with Gasteiger partial charge in [-0.25, -0.2) is 9.97 Å². The van der Waals surface area contributed by atoms with E-state index in [9.17, 15) is 0 Å². The van der Waals surface area contributed by atoms with Crippen LogP contribution < -0.4 is 0 Å². The Bertz CT molecular complexity index is 352. The lowest BCUT2D eigenvalue weighted by molar-refractivity contribution is 0.272. The van der Waals surface area contributed by atoms with Gasteiger partial charge < -0.3 is 5.11 Å². The van der Waals surface area contributed by atoms with Crippen LogP contribution in [0, 0.1) is 0 Å². The van der Waals surface area contributed by atoms with Gasteiger partial charge in [-0.2, -0.15) is 5.10 Å². The van der Waals surface area contributed by atoms with Gasteiger partial charge in [0.05, 0.1) is 0 Å². The van der Waals surface area contributed by atoms with E-state index in [1.54, 1.807) is 0 Å². The van der Waals surface area contributed by atoms with Gasteiger partial charge in [-0.1, -0.05) is 0 Å². The number of aromatic amines is 2. The molecule has 7 heteroatoms. The monoisotopic (exact) mass is 166 g/mol. The van der Waals surface area contributed by atoms with Crippen molar-refractivity contribution in [1.29, 1.82) is 0 Å². The summed E-state index contributed by atoms with van der Waals surface area (Å²) in [7, 11) is 0. The second-order valence-electron chi connectivity index (χ2n) is 2.10. The maximum absolute atomic E-state index is 8.67. The van der Waals surface area contributed by atoms with Gasteiger partial charge in [0.1, 0.15) is 12.9 Å². The molecule has 0 spiro atoms. The smallest absolute Gasteiger partial charge is 0.218 e. The van der Waals surface area contributed by atoms with Crippen LogP contribution in [-0.2, 0) is 6.61 Å². The first kappa shape index (κ1) is 6.92. The Morgan fingerprint density at radius 3 is 2.92 bits per heavy atom. The first-order chi connectivity index (χ1) is 5.90. The van der Waals surface area contributed by atoms with Gasteiger partial charge in [0.25, 0.3) is 0 Å². The van der Waals surface area contributed by atoms with E-state index in [-0.39, 0.29) is 6.61 Å². The van der Waals surface area contributed by atoms with Gasteiger partial charge in [-0.15, -0.1) is 5.10 Å². The summed E-state index contributed by atoms with van der Waals surface area (Å²) in [5.41, 5.74) is 0. The van der Waals surface area contributed by atoms with Gasteiger partial charge in [0.2, 0.25) is 5.82 Å². The van der Waals surface area contributed by atoms with Crippen LogP contribution in [0.2, 0.25) is 0 Å². The summed E-state index contributed by atoms with van der Waals surface area (Å²) in [4.78, 5) is 7.76. The Morgan fingerprint density at radius 1 is 1.42 bits per heavy atom. The zero-order valence-corrected chi connectivity index (χ0v) is 6.02. The number of hydrogen-bond donors (Lipinski definition) is 3. The minimum absolute atomic E-state index is 0.166. The second-order valence-corrected chi connectivity index (χ2v) is 2.10. The van der Waals surface area contributed by atoms with Gasteiger partial charge >= 0.3 is 0 Å². The van der Waals surface area contributed by atoms with Crippen LogP contribution in [0.4, 0.5) is 0 Å². The SMILES string of the molecule is OCc1nc(-c2ncn[nH]2)n[nH]1. The summed E-state index contributed by atoms with van der Waals surface area (Å²) in [6.07, 6.45) is 1.37. The van der Waals surface area contributed by atoms with Gasteiger partial charge in [-0.05, 0) is 0 Å². The van der Waals surface area contributed by atoms with Gasteiger partial charge in [-0.3, -0.25) is 10.2 Å². The molecule has 0 aliphatic rings. The molecule has 2 aromatic rings. The van der Waals surface area contributed by atoms with E-state index in [0.717, 1.165) is 0 Å². The standard InChI is InChI=1S/C5H6N6O/c12-1-3-8-5(11-9-3)4-6-2-7-10-4/h2,12H,1H2,(H,6,7,10)(H,8,9,11). The molecule has 2 rings (SSSR count). The normalized spacial score (nSPS) is 10.4. The molecule has 0 saturated carbocycles. The fourth-order valence-corrected chi connectivity index (χ4v) is 0.785. The van der Waals surface area contributed by atoms with Gasteiger partial charge in [0.15, 0.2) is 11.6 Å². The molecule has 0 aliphatic carbocycles. The Morgan fingerprint density at radius 2 is 2.33 bits per heavy atom. The molecule has 0 aliphatic heterocycles. The number of aliphatic hydroxyl groups is 1. The van der Waals surface area contributed by atoms with E-state index in [2.05, 4.69) is 30.4 Å². The molecule has 0 fully saturated rings. The Hall–Kier alpha value is -1.76. The van der Waals surface area contributed by atoms with Crippen LogP contribution in [0.25, 0.3) is 11.6 Å². The van der Waals surface area contributed by atoms with Gasteiger partial charge in [0, 0.05) is 0 Å². The lowest BCUT2D eigenvalue weighted by atomic mass is 10.6. The number of hydrogen-bond acceptors (Lipinski definition) is 5. The van der Waals surface area contributed by atoms with Crippen molar-refractivity contribution in [3.05, 3.63) is 12.2 Å². The van der Waals surface area contributed by atoms with E-state index >= 15 is 0 Å². The van der Waals surface area contributed by atoms with Crippen molar-refractivity contribution >= 4 is 0 Å². The average molecular weight is 166 g/mol. The third-order valence-corrected chi connectivity index (χ3v) is 1.31. The highest BCUT2D eigenvalue weighted by molar-refractivity contribution is 5.40. The van der Waals surface area contributed by atoms with Crippen molar-refractivity contribution in [3.63, 3.8) is 0 Å². The molecular weight excluding hydrogens is 160 g/mol. The van der Waals surface area contributed by atoms with Crippen LogP contribution in [0.15, 0.2) is 6.33 Å². The Labute approximate surface area is 66.9 Å². The van der Waals surface area contributed by atoms with E-state index in [4.69, 9.17) is 5.11 Å². The highest BCUT2D eigenvalue weighted by Gasteiger charge is 2.06. The number of nitrogens with zero attached hydrogens (tertiary/aromatic N) is 4. The number of nitrogens with one attached hydrogen (secondary N) is 2. The second kappa shape index (κ2) is 2.70. The van der Waals surface area contributed by atoms with Crippen LogP contribution >= 0.6 is 0 Å². The Kier molecular flexibility index (Phi) is 1.56. The lowest BCUT2D eigenvalue weighted by Crippen LogP contribution is -1.85. The third kappa shape index (κ3) is 1.05. The molecule has 2 aromatic heterocycles. The van der Waals surface area contributed by atoms with Crippen LogP contribution in [0.5, 0.6) is 0 Å². The fourth-order valence-electron chi connectivity index (χ4n) is 0.785. The fraction of sp³-hybridized carbons (Fsp3) is 0.200. The number of rotatable bonds is 2. The minimum Gasteiger partial charge on any atom is -0.388 e. The molecule has 0 radical (unpaired) electrons. The quantitative estimate of drug-likeness (QED) is 0.535. The number of aromatic nitrogens is 6. The summed E-state index contributed by atoms with van der Waals surface area (Å²) in [6.45, 7) is -0.166. The van der Waals surface area contributed by atoms with Crippen molar-refractivity contribution in [2.45, 2.75) is 6.61 Å². The maximum Gasteiger partial charge on any atom is 0.218 e. The molecule has 0 atom stereocenters. The molecule has 3 N–H and O–H groups in total. The largest absolute Gasteiger partial charge is 0.388 e. The third-order valence-electron chi connectivity index (χ3n) is 1.31. The summed E-state index contributed by atoms with van der Waals surface area (Å²) >= 11 is 0. The molecule has 0 amide bonds. The average Bonchev–Trinajstić information content (AvgIpc) is 2.75. The van der Waals surface area contributed by atoms with Crippen molar-refractivity contribution < 1.29 is 5.11 Å². The molecule has 0 saturated heterocycles. The van der Waals surface area contributed by atoms with Crippen LogP contribution in [0.3, 0.4) is 0 Å². The van der Waals surface area contributed by atoms with Crippen LogP contribution in [0.1, 0.15) is 5.82 Å². The Balaban J connectivity index is 2.35. The van der Waals surface area contributed by atoms with E-state index < -0.39 is 0 Å². The van der Waals surface area contributed by atoms with Crippen molar-refractivity contribution in [3.8, 4) is 11.6 Å². The van der Waals surface area contributed by atoms with Crippen molar-refractivity contribution in [2.24, 2.45) is 0 Å².